The van der Waals surface area contributed by atoms with E-state index in [-0.39, 0.29) is 22.1 Å². The number of sulfonamides is 1. The first-order chi connectivity index (χ1) is 11.3. The fourth-order valence-electron chi connectivity index (χ4n) is 1.93. The minimum atomic E-state index is -3.96. The van der Waals surface area contributed by atoms with Gasteiger partial charge in [0, 0.05) is 5.02 Å². The zero-order valence-corrected chi connectivity index (χ0v) is 15.2. The third kappa shape index (κ3) is 3.77. The number of carbonyl (C=O) groups is 2. The molecule has 24 heavy (non-hydrogen) atoms. The van der Waals surface area contributed by atoms with Gasteiger partial charge >= 0.3 is 5.97 Å². The van der Waals surface area contributed by atoms with Crippen LogP contribution in [0.15, 0.2) is 34.5 Å². The number of halogens is 1. The molecule has 2 aromatic rings. The van der Waals surface area contributed by atoms with Gasteiger partial charge in [0.05, 0.1) is 17.2 Å². The van der Waals surface area contributed by atoms with Crippen molar-refractivity contribution < 1.29 is 22.7 Å². The van der Waals surface area contributed by atoms with Gasteiger partial charge in [0.1, 0.15) is 4.88 Å². The van der Waals surface area contributed by atoms with Gasteiger partial charge in [-0.2, -0.15) is 0 Å². The number of benzene rings is 1. The number of thiophene rings is 1. The molecule has 0 amide bonds. The molecule has 1 aromatic heterocycles. The molecular weight excluding hydrogens is 374 g/mol. The van der Waals surface area contributed by atoms with Gasteiger partial charge in [0.2, 0.25) is 0 Å². The van der Waals surface area contributed by atoms with Gasteiger partial charge in [-0.3, -0.25) is 9.52 Å². The monoisotopic (exact) mass is 387 g/mol. The summed E-state index contributed by atoms with van der Waals surface area (Å²) in [6.45, 7) is 3.21. The molecular formula is C15H14ClNO5S2. The second kappa shape index (κ2) is 7.33. The Morgan fingerprint density at radius 3 is 2.67 bits per heavy atom. The lowest BCUT2D eigenvalue weighted by atomic mass is 10.2. The van der Waals surface area contributed by atoms with Crippen LogP contribution in [-0.4, -0.2) is 26.8 Å². The van der Waals surface area contributed by atoms with E-state index in [1.807, 2.05) is 0 Å². The highest BCUT2D eigenvalue weighted by atomic mass is 35.5. The molecule has 1 N–H and O–H groups in total. The first kappa shape index (κ1) is 18.4. The lowest BCUT2D eigenvalue weighted by Gasteiger charge is -2.11. The number of rotatable bonds is 6. The van der Waals surface area contributed by atoms with E-state index in [4.69, 9.17) is 11.6 Å². The average Bonchev–Trinajstić information content (AvgIpc) is 2.96. The molecule has 0 saturated carbocycles. The average molecular weight is 388 g/mol. The van der Waals surface area contributed by atoms with E-state index in [0.29, 0.717) is 10.6 Å². The number of anilines is 1. The third-order valence-corrected chi connectivity index (χ3v) is 5.92. The number of hydrogen-bond donors (Lipinski definition) is 1. The maximum Gasteiger partial charge on any atom is 0.380 e. The Morgan fingerprint density at radius 1 is 1.29 bits per heavy atom. The Hall–Kier alpha value is -1.90. The molecule has 9 heteroatoms. The summed E-state index contributed by atoms with van der Waals surface area (Å²) >= 11 is 6.91. The second-order valence-electron chi connectivity index (χ2n) is 4.68. The van der Waals surface area contributed by atoms with Crippen LogP contribution in [0, 0.1) is 6.92 Å². The van der Waals surface area contributed by atoms with Crippen LogP contribution in [0.2, 0.25) is 5.02 Å². The molecule has 0 bridgehead atoms. The highest BCUT2D eigenvalue weighted by Gasteiger charge is 2.26. The van der Waals surface area contributed by atoms with E-state index in [9.17, 15) is 18.0 Å². The number of ether oxygens (including phenoxy) is 1. The lowest BCUT2D eigenvalue weighted by Crippen LogP contribution is -2.20. The Kier molecular flexibility index (Phi) is 5.63. The van der Waals surface area contributed by atoms with Crippen LogP contribution in [0.4, 0.5) is 5.69 Å². The topological polar surface area (TPSA) is 89.5 Å². The largest absolute Gasteiger partial charge is 0.460 e. The first-order valence-corrected chi connectivity index (χ1v) is 9.59. The van der Waals surface area contributed by atoms with Crippen LogP contribution in [0.1, 0.15) is 22.2 Å². The Morgan fingerprint density at radius 2 is 2.00 bits per heavy atom. The van der Waals surface area contributed by atoms with Gasteiger partial charge in [0.15, 0.2) is 0 Å². The standard InChI is InChI=1S/C15H14ClNO5S2/c1-3-22-15(19)13(18)14-11(7-8-23-14)17-24(20,21)12-6-4-5-10(16)9(12)2/h4-8,17H,3H2,1-2H3. The number of esters is 1. The van der Waals surface area contributed by atoms with Crippen molar-refractivity contribution in [2.75, 3.05) is 11.3 Å². The third-order valence-electron chi connectivity index (χ3n) is 3.08. The minimum Gasteiger partial charge on any atom is -0.460 e. The van der Waals surface area contributed by atoms with E-state index in [2.05, 4.69) is 9.46 Å². The summed E-state index contributed by atoms with van der Waals surface area (Å²) in [6, 6.07) is 5.91. The SMILES string of the molecule is CCOC(=O)C(=O)c1sccc1NS(=O)(=O)c1cccc(Cl)c1C. The van der Waals surface area contributed by atoms with Crippen LogP contribution in [0.5, 0.6) is 0 Å². The summed E-state index contributed by atoms with van der Waals surface area (Å²) in [5, 5.41) is 1.82. The molecule has 0 aliphatic heterocycles. The minimum absolute atomic E-state index is 0.00395. The van der Waals surface area contributed by atoms with Gasteiger partial charge in [-0.1, -0.05) is 17.7 Å². The predicted molar refractivity (Wildman–Crippen MR) is 92.3 cm³/mol. The smallest absolute Gasteiger partial charge is 0.380 e. The predicted octanol–water partition coefficient (Wildman–Crippen LogP) is 3.26. The molecule has 1 heterocycles. The van der Waals surface area contributed by atoms with Crippen LogP contribution in [-0.2, 0) is 19.6 Å². The van der Waals surface area contributed by atoms with Crippen molar-refractivity contribution in [1.82, 2.24) is 0 Å². The zero-order valence-electron chi connectivity index (χ0n) is 12.8. The van der Waals surface area contributed by atoms with Gasteiger partial charge in [0.25, 0.3) is 15.8 Å². The molecule has 0 aliphatic carbocycles. The molecule has 0 radical (unpaired) electrons. The second-order valence-corrected chi connectivity index (χ2v) is 7.66. The molecule has 0 spiro atoms. The number of Topliss-reactive ketones (excluding diaryl/α,β-unsaturated/α-hetero) is 1. The molecule has 2 rings (SSSR count). The highest BCUT2D eigenvalue weighted by molar-refractivity contribution is 7.92. The van der Waals surface area contributed by atoms with Crippen LogP contribution in [0.3, 0.4) is 0 Å². The lowest BCUT2D eigenvalue weighted by molar-refractivity contribution is -0.137. The van der Waals surface area contributed by atoms with Crippen molar-refractivity contribution >= 4 is 50.4 Å². The maximum absolute atomic E-state index is 12.6. The quantitative estimate of drug-likeness (QED) is 0.466. The summed E-state index contributed by atoms with van der Waals surface area (Å²) < 4.78 is 32.1. The van der Waals surface area contributed by atoms with Crippen molar-refractivity contribution in [3.05, 3.63) is 45.1 Å². The molecule has 0 unspecified atom stereocenters. The molecule has 1 aromatic carbocycles. The van der Waals surface area contributed by atoms with E-state index >= 15 is 0 Å². The summed E-state index contributed by atoms with van der Waals surface area (Å²) in [5.41, 5.74) is 0.414. The molecule has 128 valence electrons. The van der Waals surface area contributed by atoms with E-state index in [1.165, 1.54) is 23.6 Å². The fraction of sp³-hybridized carbons (Fsp3) is 0.200. The van der Waals surface area contributed by atoms with Crippen molar-refractivity contribution in [3.63, 3.8) is 0 Å². The van der Waals surface area contributed by atoms with Crippen molar-refractivity contribution in [1.29, 1.82) is 0 Å². The van der Waals surface area contributed by atoms with Crippen molar-refractivity contribution in [2.24, 2.45) is 0 Å². The summed E-state index contributed by atoms with van der Waals surface area (Å²) in [4.78, 5) is 23.6. The van der Waals surface area contributed by atoms with E-state index < -0.39 is 21.8 Å². The first-order valence-electron chi connectivity index (χ1n) is 6.84. The molecule has 0 fully saturated rings. The Bertz CT molecular complexity index is 889. The summed E-state index contributed by atoms with van der Waals surface area (Å²) in [6.07, 6.45) is 0. The fourth-order valence-corrected chi connectivity index (χ4v) is 4.35. The van der Waals surface area contributed by atoms with Gasteiger partial charge < -0.3 is 4.74 Å². The van der Waals surface area contributed by atoms with Crippen molar-refractivity contribution in [3.8, 4) is 0 Å². The molecule has 6 nitrogen and oxygen atoms in total. The Labute approximate surface area is 148 Å². The molecule has 0 atom stereocenters. The highest BCUT2D eigenvalue weighted by Crippen LogP contribution is 2.28. The number of ketones is 1. The van der Waals surface area contributed by atoms with Gasteiger partial charge in [-0.15, -0.1) is 11.3 Å². The number of carbonyl (C=O) groups excluding carboxylic acids is 2. The number of hydrogen-bond acceptors (Lipinski definition) is 6. The summed E-state index contributed by atoms with van der Waals surface area (Å²) in [5.74, 6) is -1.92. The molecule has 0 aliphatic rings. The normalized spacial score (nSPS) is 11.1. The van der Waals surface area contributed by atoms with E-state index in [0.717, 1.165) is 11.3 Å². The van der Waals surface area contributed by atoms with Crippen LogP contribution >= 0.6 is 22.9 Å². The van der Waals surface area contributed by atoms with Crippen molar-refractivity contribution in [2.45, 2.75) is 18.7 Å². The Balaban J connectivity index is 2.35. The van der Waals surface area contributed by atoms with E-state index in [1.54, 1.807) is 19.9 Å². The zero-order chi connectivity index (χ0) is 17.9. The number of nitrogens with one attached hydrogen (secondary N) is 1. The van der Waals surface area contributed by atoms with Gasteiger partial charge in [-0.05, 0) is 43.0 Å². The maximum atomic E-state index is 12.6. The van der Waals surface area contributed by atoms with Crippen LogP contribution in [0.25, 0.3) is 0 Å². The van der Waals surface area contributed by atoms with Crippen LogP contribution < -0.4 is 4.72 Å². The molecule has 0 saturated heterocycles. The van der Waals surface area contributed by atoms with Gasteiger partial charge in [-0.25, -0.2) is 13.2 Å². The summed E-state index contributed by atoms with van der Waals surface area (Å²) in [7, 11) is -3.96.